The molecular formula is C30H27N3O4S2. The molecule has 9 heteroatoms. The van der Waals surface area contributed by atoms with Gasteiger partial charge in [-0.15, -0.1) is 22.7 Å². The van der Waals surface area contributed by atoms with Crippen molar-refractivity contribution in [3.05, 3.63) is 106 Å². The predicted octanol–water partition coefficient (Wildman–Crippen LogP) is 6.92. The molecule has 5 aromatic rings. The number of ether oxygens (including phenoxy) is 2. The monoisotopic (exact) mass is 557 g/mol. The molecule has 0 aliphatic heterocycles. The van der Waals surface area contributed by atoms with Gasteiger partial charge in [-0.25, -0.2) is 19.6 Å². The maximum absolute atomic E-state index is 13.1. The Labute approximate surface area is 234 Å². The zero-order chi connectivity index (χ0) is 27.2. The lowest BCUT2D eigenvalue weighted by Crippen LogP contribution is -2.18. The first-order valence-electron chi connectivity index (χ1n) is 12.7. The van der Waals surface area contributed by atoms with Crippen molar-refractivity contribution in [1.29, 1.82) is 0 Å². The molecule has 0 N–H and O–H groups in total. The molecule has 0 fully saturated rings. The van der Waals surface area contributed by atoms with Gasteiger partial charge in [0.15, 0.2) is 0 Å². The van der Waals surface area contributed by atoms with E-state index in [2.05, 4.69) is 0 Å². The molecule has 3 aromatic heterocycles. The van der Waals surface area contributed by atoms with E-state index in [1.54, 1.807) is 13.8 Å². The first-order chi connectivity index (χ1) is 19.1. The Balaban J connectivity index is 1.63. The van der Waals surface area contributed by atoms with Gasteiger partial charge in [0, 0.05) is 29.9 Å². The molecular weight excluding hydrogens is 530 g/mol. The van der Waals surface area contributed by atoms with Gasteiger partial charge in [0.25, 0.3) is 0 Å². The standard InChI is InChI=1S/C30H27N3O4S2/c1-3-36-29(34)25-22(31-27(38-25)20-13-7-5-8-14-20)19-23(33-17-11-12-18-33)24-26(30(35)37-4-2)39-28(32-24)21-15-9-6-10-16-21/h5-18,23H,3-4,19H2,1-2H3. The third-order valence-electron chi connectivity index (χ3n) is 6.00. The Bertz CT molecular complexity index is 1540. The van der Waals surface area contributed by atoms with Gasteiger partial charge in [0.1, 0.15) is 19.8 Å². The molecule has 0 spiro atoms. The summed E-state index contributed by atoms with van der Waals surface area (Å²) in [6.07, 6.45) is 4.18. The number of nitrogens with zero attached hydrogens (tertiary/aromatic N) is 3. The number of carbonyl (C=O) groups excluding carboxylic acids is 2. The molecule has 0 bridgehead atoms. The third kappa shape index (κ3) is 5.84. The average Bonchev–Trinajstić information content (AvgIpc) is 3.73. The molecule has 7 nitrogen and oxygen atoms in total. The van der Waals surface area contributed by atoms with Crippen molar-refractivity contribution in [3.63, 3.8) is 0 Å². The lowest BCUT2D eigenvalue weighted by atomic mass is 10.1. The van der Waals surface area contributed by atoms with E-state index in [4.69, 9.17) is 19.4 Å². The van der Waals surface area contributed by atoms with Gasteiger partial charge < -0.3 is 14.0 Å². The highest BCUT2D eigenvalue weighted by Crippen LogP contribution is 2.37. The number of hydrogen-bond donors (Lipinski definition) is 0. The second-order valence-corrected chi connectivity index (χ2v) is 10.5. The first-order valence-corrected chi connectivity index (χ1v) is 14.3. The minimum absolute atomic E-state index is 0.255. The lowest BCUT2D eigenvalue weighted by Gasteiger charge is -2.18. The molecule has 1 unspecified atom stereocenters. The van der Waals surface area contributed by atoms with Crippen LogP contribution >= 0.6 is 22.7 Å². The molecule has 3 heterocycles. The smallest absolute Gasteiger partial charge is 0.350 e. The number of thiazole rings is 2. The molecule has 1 atom stereocenters. The van der Waals surface area contributed by atoms with Crippen molar-refractivity contribution in [2.24, 2.45) is 0 Å². The van der Waals surface area contributed by atoms with Crippen molar-refractivity contribution < 1.29 is 19.1 Å². The van der Waals surface area contributed by atoms with Crippen molar-refractivity contribution in [1.82, 2.24) is 14.5 Å². The highest BCUT2D eigenvalue weighted by atomic mass is 32.1. The molecule has 39 heavy (non-hydrogen) atoms. The minimum atomic E-state index is -0.418. The number of benzene rings is 2. The van der Waals surface area contributed by atoms with Crippen molar-refractivity contribution in [2.75, 3.05) is 13.2 Å². The predicted molar refractivity (Wildman–Crippen MR) is 153 cm³/mol. The number of esters is 2. The fourth-order valence-corrected chi connectivity index (χ4v) is 6.25. The van der Waals surface area contributed by atoms with Crippen LogP contribution in [-0.2, 0) is 15.9 Å². The van der Waals surface area contributed by atoms with Crippen LogP contribution in [0.1, 0.15) is 50.6 Å². The molecule has 5 rings (SSSR count). The lowest BCUT2D eigenvalue weighted by molar-refractivity contribution is 0.0519. The second kappa shape index (κ2) is 12.2. The summed E-state index contributed by atoms with van der Waals surface area (Å²) in [6.45, 7) is 4.08. The maximum atomic E-state index is 13.1. The summed E-state index contributed by atoms with van der Waals surface area (Å²) in [5.74, 6) is -0.828. The van der Waals surface area contributed by atoms with Crippen molar-refractivity contribution >= 4 is 34.6 Å². The summed E-state index contributed by atoms with van der Waals surface area (Å²) in [4.78, 5) is 36.9. The van der Waals surface area contributed by atoms with E-state index >= 15 is 0 Å². The second-order valence-electron chi connectivity index (χ2n) is 8.55. The van der Waals surface area contributed by atoms with E-state index < -0.39 is 18.0 Å². The van der Waals surface area contributed by atoms with Gasteiger partial charge >= 0.3 is 11.9 Å². The van der Waals surface area contributed by atoms with Crippen LogP contribution in [0, 0.1) is 0 Å². The first kappa shape index (κ1) is 26.5. The normalized spacial score (nSPS) is 11.7. The fourth-order valence-electron chi connectivity index (χ4n) is 4.24. The van der Waals surface area contributed by atoms with Crippen LogP contribution in [0.3, 0.4) is 0 Å². The van der Waals surface area contributed by atoms with E-state index in [-0.39, 0.29) is 13.2 Å². The molecule has 0 saturated heterocycles. The molecule has 0 aliphatic rings. The SMILES string of the molecule is CCOC(=O)c1sc(-c2ccccc2)nc1CC(c1nc(-c2ccccc2)sc1C(=O)OCC)n1cccc1. The van der Waals surface area contributed by atoms with Crippen molar-refractivity contribution in [2.45, 2.75) is 26.3 Å². The Hall–Kier alpha value is -4.08. The van der Waals surface area contributed by atoms with Crippen LogP contribution in [-0.4, -0.2) is 39.7 Å². The molecule has 0 amide bonds. The van der Waals surface area contributed by atoms with Crippen LogP contribution in [0.15, 0.2) is 85.2 Å². The van der Waals surface area contributed by atoms with Gasteiger partial charge in [-0.1, -0.05) is 60.7 Å². The van der Waals surface area contributed by atoms with E-state index in [1.165, 1.54) is 22.7 Å². The molecule has 0 radical (unpaired) electrons. The van der Waals surface area contributed by atoms with Gasteiger partial charge in [0.2, 0.25) is 0 Å². The fraction of sp³-hybridized carbons (Fsp3) is 0.200. The zero-order valence-electron chi connectivity index (χ0n) is 21.6. The van der Waals surface area contributed by atoms with Crippen LogP contribution in [0.4, 0.5) is 0 Å². The maximum Gasteiger partial charge on any atom is 0.350 e. The van der Waals surface area contributed by atoms with E-state index in [0.29, 0.717) is 27.6 Å². The Morgan fingerprint density at radius 2 is 1.26 bits per heavy atom. The van der Waals surface area contributed by atoms with Gasteiger partial charge in [-0.05, 0) is 26.0 Å². The number of rotatable bonds is 10. The Morgan fingerprint density at radius 3 is 1.82 bits per heavy atom. The van der Waals surface area contributed by atoms with Crippen molar-refractivity contribution in [3.8, 4) is 21.1 Å². The number of aromatic nitrogens is 3. The van der Waals surface area contributed by atoms with E-state index in [9.17, 15) is 9.59 Å². The van der Waals surface area contributed by atoms with E-state index in [1.807, 2.05) is 89.8 Å². The molecule has 198 valence electrons. The summed E-state index contributed by atoms with van der Waals surface area (Å²) in [5.41, 5.74) is 3.01. The largest absolute Gasteiger partial charge is 0.462 e. The Morgan fingerprint density at radius 1 is 0.744 bits per heavy atom. The summed E-state index contributed by atoms with van der Waals surface area (Å²) < 4.78 is 12.8. The van der Waals surface area contributed by atoms with Crippen LogP contribution in [0.25, 0.3) is 21.1 Å². The summed E-state index contributed by atoms with van der Waals surface area (Å²) in [7, 11) is 0. The summed E-state index contributed by atoms with van der Waals surface area (Å²) >= 11 is 2.62. The summed E-state index contributed by atoms with van der Waals surface area (Å²) in [6, 6.07) is 22.9. The molecule has 0 saturated carbocycles. The van der Waals surface area contributed by atoms with Crippen LogP contribution < -0.4 is 0 Å². The molecule has 0 aliphatic carbocycles. The van der Waals surface area contributed by atoms with Gasteiger partial charge in [-0.3, -0.25) is 0 Å². The topological polar surface area (TPSA) is 83.3 Å². The molecule has 2 aromatic carbocycles. The Kier molecular flexibility index (Phi) is 8.29. The number of hydrogen-bond acceptors (Lipinski definition) is 8. The van der Waals surface area contributed by atoms with Crippen LogP contribution in [0.5, 0.6) is 0 Å². The third-order valence-corrected chi connectivity index (χ3v) is 8.23. The van der Waals surface area contributed by atoms with Gasteiger partial charge in [-0.2, -0.15) is 0 Å². The minimum Gasteiger partial charge on any atom is -0.462 e. The van der Waals surface area contributed by atoms with Crippen LogP contribution in [0.2, 0.25) is 0 Å². The summed E-state index contributed by atoms with van der Waals surface area (Å²) in [5, 5.41) is 1.45. The highest BCUT2D eigenvalue weighted by molar-refractivity contribution is 7.17. The highest BCUT2D eigenvalue weighted by Gasteiger charge is 2.30. The van der Waals surface area contributed by atoms with Gasteiger partial charge in [0.05, 0.1) is 30.6 Å². The van der Waals surface area contributed by atoms with E-state index in [0.717, 1.165) is 21.1 Å². The number of carbonyl (C=O) groups is 2. The quantitative estimate of drug-likeness (QED) is 0.173. The zero-order valence-corrected chi connectivity index (χ0v) is 23.2. The average molecular weight is 558 g/mol.